The second-order valence-corrected chi connectivity index (χ2v) is 12.1. The largest absolute Gasteiger partial charge is 0.311 e. The summed E-state index contributed by atoms with van der Waals surface area (Å²) >= 11 is 0. The molecule has 0 amide bonds. The maximum atomic E-state index is 2.32. The average molecular weight is 598 g/mol. The molecule has 0 saturated carbocycles. The highest BCUT2D eigenvalue weighted by Crippen LogP contribution is 2.49. The monoisotopic (exact) mass is 597 g/mol. The number of rotatable bonds is 5. The summed E-state index contributed by atoms with van der Waals surface area (Å²) in [4.78, 5) is 2.32. The zero-order valence-electron chi connectivity index (χ0n) is 25.8. The maximum absolute atomic E-state index is 2.32. The predicted octanol–water partition coefficient (Wildman–Crippen LogP) is 13.1. The number of hydrogen-bond acceptors (Lipinski definition) is 1. The Morgan fingerprint density at radius 1 is 0.234 bits per heavy atom. The Morgan fingerprint density at radius 2 is 0.553 bits per heavy atom. The van der Waals surface area contributed by atoms with Gasteiger partial charge in [-0.3, -0.25) is 0 Å². The second-order valence-electron chi connectivity index (χ2n) is 12.1. The van der Waals surface area contributed by atoms with E-state index in [-0.39, 0.29) is 0 Å². The Hall–Kier alpha value is -6.18. The fourth-order valence-electron chi connectivity index (χ4n) is 7.43. The molecule has 0 aromatic heterocycles. The van der Waals surface area contributed by atoms with Gasteiger partial charge in [-0.1, -0.05) is 152 Å². The molecule has 0 aliphatic heterocycles. The van der Waals surface area contributed by atoms with Crippen LogP contribution in [0.5, 0.6) is 0 Å². The average Bonchev–Trinajstić information content (AvgIpc) is 3.16. The van der Waals surface area contributed by atoms with E-state index in [0.717, 1.165) is 17.1 Å². The summed E-state index contributed by atoms with van der Waals surface area (Å²) in [6.45, 7) is 0. The van der Waals surface area contributed by atoms with E-state index in [2.05, 4.69) is 193 Å². The maximum Gasteiger partial charge on any atom is 0.0462 e. The van der Waals surface area contributed by atoms with Crippen molar-refractivity contribution in [3.8, 4) is 22.3 Å². The zero-order chi connectivity index (χ0) is 31.2. The molecule has 0 atom stereocenters. The quantitative estimate of drug-likeness (QED) is 0.141. The van der Waals surface area contributed by atoms with Crippen LogP contribution in [0.2, 0.25) is 0 Å². The van der Waals surface area contributed by atoms with Gasteiger partial charge in [0.05, 0.1) is 0 Å². The number of benzene rings is 9. The first kappa shape index (κ1) is 27.2. The Kier molecular flexibility index (Phi) is 6.54. The second kappa shape index (κ2) is 11.3. The van der Waals surface area contributed by atoms with Crippen LogP contribution in [0, 0.1) is 0 Å². The fraction of sp³-hybridized carbons (Fsp3) is 0. The molecule has 0 aliphatic rings. The molecular formula is C46H31N. The summed E-state index contributed by atoms with van der Waals surface area (Å²) in [5.74, 6) is 0. The molecule has 9 aromatic rings. The van der Waals surface area contributed by atoms with Gasteiger partial charge < -0.3 is 4.90 Å². The van der Waals surface area contributed by atoms with E-state index in [4.69, 9.17) is 0 Å². The molecule has 0 spiro atoms. The third-order valence-electron chi connectivity index (χ3n) is 9.40. The molecule has 220 valence electrons. The van der Waals surface area contributed by atoms with Gasteiger partial charge in [-0.05, 0) is 102 Å². The van der Waals surface area contributed by atoms with E-state index >= 15 is 0 Å². The lowest BCUT2D eigenvalue weighted by Gasteiger charge is -2.26. The lowest BCUT2D eigenvalue weighted by atomic mass is 9.81. The highest BCUT2D eigenvalue weighted by Gasteiger charge is 2.22. The normalized spacial score (nSPS) is 11.4. The van der Waals surface area contributed by atoms with Crippen LogP contribution in [0.3, 0.4) is 0 Å². The number of anilines is 3. The summed E-state index contributed by atoms with van der Waals surface area (Å²) in [6, 6.07) is 68.0. The van der Waals surface area contributed by atoms with Gasteiger partial charge in [-0.2, -0.15) is 0 Å². The number of fused-ring (bicyclic) bond motifs is 7. The van der Waals surface area contributed by atoms with E-state index in [9.17, 15) is 0 Å². The lowest BCUT2D eigenvalue weighted by molar-refractivity contribution is 1.28. The van der Waals surface area contributed by atoms with Crippen molar-refractivity contribution in [1.29, 1.82) is 0 Å². The smallest absolute Gasteiger partial charge is 0.0462 e. The Labute approximate surface area is 274 Å². The molecule has 0 radical (unpaired) electrons. The topological polar surface area (TPSA) is 3.24 Å². The molecule has 0 bridgehead atoms. The van der Waals surface area contributed by atoms with Crippen LogP contribution in [0.15, 0.2) is 188 Å². The Balaban J connectivity index is 1.39. The first-order chi connectivity index (χ1) is 23.4. The number of nitrogens with zero attached hydrogens (tertiary/aromatic N) is 1. The van der Waals surface area contributed by atoms with Gasteiger partial charge in [-0.15, -0.1) is 0 Å². The first-order valence-corrected chi connectivity index (χ1v) is 16.2. The highest BCUT2D eigenvalue weighted by atomic mass is 15.1. The van der Waals surface area contributed by atoms with Crippen molar-refractivity contribution in [3.05, 3.63) is 188 Å². The molecule has 0 heterocycles. The van der Waals surface area contributed by atoms with Crippen LogP contribution in [0.4, 0.5) is 17.1 Å². The molecular weight excluding hydrogens is 567 g/mol. The van der Waals surface area contributed by atoms with Crippen molar-refractivity contribution in [2.24, 2.45) is 0 Å². The SMILES string of the molecule is c1ccc(-c2c3ccccc3c(-c3ccc(N(c4ccccc4)c4ccccc4)cc3)c3c4ccccc4c4ccccc4c23)cc1. The highest BCUT2D eigenvalue weighted by molar-refractivity contribution is 6.36. The van der Waals surface area contributed by atoms with Gasteiger partial charge >= 0.3 is 0 Å². The van der Waals surface area contributed by atoms with E-state index in [1.54, 1.807) is 0 Å². The van der Waals surface area contributed by atoms with Crippen molar-refractivity contribution < 1.29 is 0 Å². The molecule has 47 heavy (non-hydrogen) atoms. The van der Waals surface area contributed by atoms with Crippen molar-refractivity contribution in [3.63, 3.8) is 0 Å². The molecule has 9 aromatic carbocycles. The van der Waals surface area contributed by atoms with Crippen LogP contribution in [-0.2, 0) is 0 Å². The van der Waals surface area contributed by atoms with Crippen molar-refractivity contribution >= 4 is 60.2 Å². The molecule has 1 heteroatoms. The molecule has 0 aliphatic carbocycles. The summed E-state index contributed by atoms with van der Waals surface area (Å²) in [6.07, 6.45) is 0. The van der Waals surface area contributed by atoms with Crippen molar-refractivity contribution in [2.75, 3.05) is 4.90 Å². The third-order valence-corrected chi connectivity index (χ3v) is 9.40. The lowest BCUT2D eigenvalue weighted by Crippen LogP contribution is -2.09. The van der Waals surface area contributed by atoms with Crippen molar-refractivity contribution in [1.82, 2.24) is 0 Å². The minimum Gasteiger partial charge on any atom is -0.311 e. The van der Waals surface area contributed by atoms with E-state index in [0.29, 0.717) is 0 Å². The van der Waals surface area contributed by atoms with Crippen molar-refractivity contribution in [2.45, 2.75) is 0 Å². The van der Waals surface area contributed by atoms with Gasteiger partial charge in [0.15, 0.2) is 0 Å². The number of hydrogen-bond donors (Lipinski definition) is 0. The molecule has 0 unspecified atom stereocenters. The standard InChI is InChI=1S/C46H31N/c1-4-16-32(17-5-1)43-41-26-14-15-27-42(41)44(46-40-25-13-11-23-38(40)37-22-10-12-24-39(37)45(43)46)33-28-30-36(31-29-33)47(34-18-6-2-7-19-34)35-20-8-3-9-21-35/h1-31H. The summed E-state index contributed by atoms with van der Waals surface area (Å²) in [5, 5.41) is 10.2. The fourth-order valence-corrected chi connectivity index (χ4v) is 7.43. The molecule has 0 fully saturated rings. The van der Waals surface area contributed by atoms with E-state index in [1.165, 1.54) is 65.3 Å². The van der Waals surface area contributed by atoms with Gasteiger partial charge in [0.2, 0.25) is 0 Å². The van der Waals surface area contributed by atoms with Gasteiger partial charge in [0, 0.05) is 17.1 Å². The van der Waals surface area contributed by atoms with Gasteiger partial charge in [0.25, 0.3) is 0 Å². The minimum absolute atomic E-state index is 1.12. The molecule has 1 nitrogen and oxygen atoms in total. The Bertz CT molecular complexity index is 2500. The molecule has 0 saturated heterocycles. The van der Waals surface area contributed by atoms with Crippen LogP contribution < -0.4 is 4.90 Å². The molecule has 9 rings (SSSR count). The van der Waals surface area contributed by atoms with Crippen LogP contribution >= 0.6 is 0 Å². The van der Waals surface area contributed by atoms with Gasteiger partial charge in [0.1, 0.15) is 0 Å². The third kappa shape index (κ3) is 4.47. The van der Waals surface area contributed by atoms with Gasteiger partial charge in [-0.25, -0.2) is 0 Å². The summed E-state index contributed by atoms with van der Waals surface area (Å²) in [5.41, 5.74) is 8.39. The predicted molar refractivity (Wildman–Crippen MR) is 202 cm³/mol. The summed E-state index contributed by atoms with van der Waals surface area (Å²) in [7, 11) is 0. The minimum atomic E-state index is 1.12. The summed E-state index contributed by atoms with van der Waals surface area (Å²) < 4.78 is 0. The Morgan fingerprint density at radius 3 is 1.00 bits per heavy atom. The van der Waals surface area contributed by atoms with E-state index < -0.39 is 0 Å². The molecule has 0 N–H and O–H groups in total. The first-order valence-electron chi connectivity index (χ1n) is 16.2. The van der Waals surface area contributed by atoms with Crippen LogP contribution in [-0.4, -0.2) is 0 Å². The van der Waals surface area contributed by atoms with E-state index in [1.807, 2.05) is 0 Å². The zero-order valence-corrected chi connectivity index (χ0v) is 25.8. The van der Waals surface area contributed by atoms with Crippen LogP contribution in [0.25, 0.3) is 65.3 Å². The van der Waals surface area contributed by atoms with Crippen LogP contribution in [0.1, 0.15) is 0 Å². The number of para-hydroxylation sites is 2.